The largest absolute Gasteiger partial charge is 0.368 e. The number of aromatic nitrogens is 4. The minimum Gasteiger partial charge on any atom is -0.368 e. The molecule has 0 saturated carbocycles. The molecule has 12 heteroatoms. The van der Waals surface area contributed by atoms with Crippen LogP contribution < -0.4 is 20.4 Å². The number of nitrogens with one attached hydrogen (secondary N) is 4. The Morgan fingerprint density at radius 3 is 1.78 bits per heavy atom. The third-order valence-electron chi connectivity index (χ3n) is 10.6. The van der Waals surface area contributed by atoms with Crippen molar-refractivity contribution in [2.45, 2.75) is 24.9 Å². The maximum atomic E-state index is 13.0. The zero-order valence-corrected chi connectivity index (χ0v) is 30.9. The number of rotatable bonds is 12. The number of benzene rings is 2. The second kappa shape index (κ2) is 17.9. The summed E-state index contributed by atoms with van der Waals surface area (Å²) in [5, 5.41) is 8.64. The maximum Gasteiger partial charge on any atom is 0.245 e. The normalized spacial score (nSPS) is 16.1. The average molecular weight is 727 g/mol. The predicted molar refractivity (Wildman–Crippen MR) is 216 cm³/mol. The summed E-state index contributed by atoms with van der Waals surface area (Å²) in [6, 6.07) is 28.6. The molecule has 2 fully saturated rings. The van der Waals surface area contributed by atoms with Crippen molar-refractivity contribution in [3.8, 4) is 0 Å². The van der Waals surface area contributed by atoms with Gasteiger partial charge in [0.25, 0.3) is 0 Å². The summed E-state index contributed by atoms with van der Waals surface area (Å²) in [4.78, 5) is 48.5. The molecule has 8 rings (SSSR count). The van der Waals surface area contributed by atoms with Crippen molar-refractivity contribution in [2.75, 3.05) is 75.8 Å². The Morgan fingerprint density at radius 2 is 1.26 bits per heavy atom. The van der Waals surface area contributed by atoms with Crippen LogP contribution in [-0.4, -0.2) is 120 Å². The van der Waals surface area contributed by atoms with Gasteiger partial charge in [-0.3, -0.25) is 24.5 Å². The van der Waals surface area contributed by atoms with E-state index in [2.05, 4.69) is 107 Å². The van der Waals surface area contributed by atoms with Gasteiger partial charge in [-0.25, -0.2) is 0 Å². The highest BCUT2D eigenvalue weighted by molar-refractivity contribution is 5.93. The summed E-state index contributed by atoms with van der Waals surface area (Å²) in [5.74, 6) is -0.0581. The first kappa shape index (κ1) is 36.6. The molecule has 12 nitrogen and oxygen atoms in total. The van der Waals surface area contributed by atoms with Crippen LogP contribution in [0, 0.1) is 0 Å². The number of H-pyrrole nitrogens is 2. The Hall–Kier alpha value is -5.72. The van der Waals surface area contributed by atoms with Gasteiger partial charge in [0.05, 0.1) is 0 Å². The third-order valence-corrected chi connectivity index (χ3v) is 10.6. The van der Waals surface area contributed by atoms with E-state index in [4.69, 9.17) is 0 Å². The molecule has 4 aromatic heterocycles. The molecule has 0 unspecified atom stereocenters. The van der Waals surface area contributed by atoms with Gasteiger partial charge in [-0.15, -0.1) is 0 Å². The van der Waals surface area contributed by atoms with Crippen molar-refractivity contribution in [3.63, 3.8) is 0 Å². The lowest BCUT2D eigenvalue weighted by Crippen LogP contribution is -2.54. The van der Waals surface area contributed by atoms with Crippen molar-refractivity contribution < 1.29 is 9.59 Å². The first-order chi connectivity index (χ1) is 26.6. The van der Waals surface area contributed by atoms with E-state index >= 15 is 0 Å². The van der Waals surface area contributed by atoms with Crippen LogP contribution in [-0.2, 0) is 22.4 Å². The standard InChI is InChI=1S/C21H23N5O2.C21H27N5/c27-15-24-19(14-16-4-1-2-8-22-16)21(28)26-12-10-25(11-13-26)20-6-3-5-18-17(20)7-9-23-18;1-22-18(15-17-5-2-3-9-23-17)16-25-11-13-26(14-12-25)21-7-4-6-20-19(21)8-10-24-20/h1-9,15,19,23H,10-14H2,(H,24,27);2-10,18,22,24H,11-16H2,1H3/t19-;18-/m11/s1. The Morgan fingerprint density at radius 1 is 0.704 bits per heavy atom. The van der Waals surface area contributed by atoms with Gasteiger partial charge in [0.2, 0.25) is 12.3 Å². The molecule has 0 bridgehead atoms. The lowest BCUT2D eigenvalue weighted by atomic mass is 10.1. The molecule has 2 amide bonds. The van der Waals surface area contributed by atoms with Gasteiger partial charge in [0, 0.05) is 147 Å². The van der Waals surface area contributed by atoms with Crippen LogP contribution >= 0.6 is 0 Å². The van der Waals surface area contributed by atoms with Crippen molar-refractivity contribution >= 4 is 45.5 Å². The van der Waals surface area contributed by atoms with E-state index in [-0.39, 0.29) is 5.91 Å². The first-order valence-electron chi connectivity index (χ1n) is 18.9. The number of pyridine rings is 2. The van der Waals surface area contributed by atoms with Crippen LogP contribution in [0.2, 0.25) is 0 Å². The molecule has 6 aromatic rings. The van der Waals surface area contributed by atoms with E-state index in [9.17, 15) is 9.59 Å². The van der Waals surface area contributed by atoms with Crippen molar-refractivity contribution in [1.29, 1.82) is 0 Å². The number of likely N-dealkylation sites (N-methyl/N-ethyl adjacent to an activating group) is 1. The summed E-state index contributed by atoms with van der Waals surface area (Å²) >= 11 is 0. The van der Waals surface area contributed by atoms with Gasteiger partial charge in [-0.1, -0.05) is 24.3 Å². The van der Waals surface area contributed by atoms with E-state index in [0.29, 0.717) is 32.0 Å². The molecule has 0 spiro atoms. The number of nitrogens with zero attached hydrogens (tertiary/aromatic N) is 6. The quantitative estimate of drug-likeness (QED) is 0.139. The predicted octanol–water partition coefficient (Wildman–Crippen LogP) is 4.08. The second-order valence-electron chi connectivity index (χ2n) is 13.9. The zero-order chi connectivity index (χ0) is 37.1. The lowest BCUT2D eigenvalue weighted by molar-refractivity contribution is -0.135. The molecule has 2 aromatic carbocycles. The number of carbonyl (C=O) groups is 2. The SMILES string of the molecule is CN[C@H](Cc1ccccn1)CN1CCN(c2cccc3[nH]ccc23)CC1.O=CN[C@H](Cc1ccccn1)C(=O)N1CCN(c2cccc3[nH]ccc23)CC1. The van der Waals surface area contributed by atoms with Crippen LogP contribution in [0.4, 0.5) is 11.4 Å². The minimum atomic E-state index is -0.591. The maximum absolute atomic E-state index is 13.0. The summed E-state index contributed by atoms with van der Waals surface area (Å²) in [6.45, 7) is 8.17. The Kier molecular flexibility index (Phi) is 12.1. The van der Waals surface area contributed by atoms with E-state index in [1.165, 1.54) is 27.7 Å². The van der Waals surface area contributed by atoms with Crippen LogP contribution in [0.1, 0.15) is 11.4 Å². The van der Waals surface area contributed by atoms with Crippen molar-refractivity contribution in [2.24, 2.45) is 0 Å². The van der Waals surface area contributed by atoms with Gasteiger partial charge in [-0.05, 0) is 67.7 Å². The molecule has 6 heterocycles. The van der Waals surface area contributed by atoms with Crippen molar-refractivity contribution in [1.82, 2.24) is 40.4 Å². The number of carbonyl (C=O) groups excluding carboxylic acids is 2. The van der Waals surface area contributed by atoms with E-state index < -0.39 is 6.04 Å². The number of fused-ring (bicyclic) bond motifs is 2. The molecule has 2 saturated heterocycles. The molecule has 4 N–H and O–H groups in total. The van der Waals surface area contributed by atoms with Gasteiger partial charge in [-0.2, -0.15) is 0 Å². The zero-order valence-electron chi connectivity index (χ0n) is 30.9. The number of piperazine rings is 2. The van der Waals surface area contributed by atoms with Crippen LogP contribution in [0.15, 0.2) is 110 Å². The summed E-state index contributed by atoms with van der Waals surface area (Å²) < 4.78 is 0. The molecule has 0 aliphatic carbocycles. The highest BCUT2D eigenvalue weighted by atomic mass is 16.2. The van der Waals surface area contributed by atoms with Gasteiger partial charge in [0.1, 0.15) is 6.04 Å². The summed E-state index contributed by atoms with van der Waals surface area (Å²) in [5.41, 5.74) is 6.80. The molecule has 2 aliphatic heterocycles. The smallest absolute Gasteiger partial charge is 0.245 e. The Labute approximate surface area is 316 Å². The molecular formula is C42H50N10O2. The van der Waals surface area contributed by atoms with Crippen LogP contribution in [0.5, 0.6) is 0 Å². The number of aromatic amines is 2. The summed E-state index contributed by atoms with van der Waals surface area (Å²) in [7, 11) is 2.05. The monoisotopic (exact) mass is 726 g/mol. The highest BCUT2D eigenvalue weighted by Crippen LogP contribution is 2.28. The fraction of sp³-hybridized carbons (Fsp3) is 0.333. The molecular weight excluding hydrogens is 677 g/mol. The molecule has 280 valence electrons. The topological polar surface area (TPSA) is 129 Å². The Balaban J connectivity index is 0.000000167. The lowest BCUT2D eigenvalue weighted by Gasteiger charge is -2.37. The number of hydrogen-bond acceptors (Lipinski definition) is 8. The van der Waals surface area contributed by atoms with E-state index in [1.807, 2.05) is 53.8 Å². The van der Waals surface area contributed by atoms with E-state index in [0.717, 1.165) is 69.1 Å². The number of anilines is 2. The average Bonchev–Trinajstić information content (AvgIpc) is 3.92. The fourth-order valence-corrected chi connectivity index (χ4v) is 7.62. The molecule has 54 heavy (non-hydrogen) atoms. The van der Waals surface area contributed by atoms with Gasteiger partial charge in [0.15, 0.2) is 0 Å². The number of hydrogen-bond donors (Lipinski definition) is 4. The van der Waals surface area contributed by atoms with E-state index in [1.54, 1.807) is 6.20 Å². The summed E-state index contributed by atoms with van der Waals surface area (Å²) in [6.07, 6.45) is 9.50. The third kappa shape index (κ3) is 8.90. The van der Waals surface area contributed by atoms with Crippen LogP contribution in [0.3, 0.4) is 0 Å². The molecule has 0 radical (unpaired) electrons. The number of amides is 2. The van der Waals surface area contributed by atoms with Gasteiger partial charge < -0.3 is 35.3 Å². The minimum absolute atomic E-state index is 0.0581. The first-order valence-corrected chi connectivity index (χ1v) is 18.9. The molecule has 2 atom stereocenters. The molecule has 2 aliphatic rings. The van der Waals surface area contributed by atoms with Crippen molar-refractivity contribution in [3.05, 3.63) is 121 Å². The second-order valence-corrected chi connectivity index (χ2v) is 13.9. The Bertz CT molecular complexity index is 2070. The van der Waals surface area contributed by atoms with Gasteiger partial charge >= 0.3 is 0 Å². The fourth-order valence-electron chi connectivity index (χ4n) is 7.62. The van der Waals surface area contributed by atoms with Crippen LogP contribution in [0.25, 0.3) is 21.8 Å². The highest BCUT2D eigenvalue weighted by Gasteiger charge is 2.28.